The Morgan fingerprint density at radius 3 is 2.59 bits per heavy atom. The summed E-state index contributed by atoms with van der Waals surface area (Å²) in [5, 5.41) is 0.403. The zero-order chi connectivity index (χ0) is 12.4. The van der Waals surface area contributed by atoms with Gasteiger partial charge in [0.1, 0.15) is 17.0 Å². The van der Waals surface area contributed by atoms with Gasteiger partial charge >= 0.3 is 0 Å². The van der Waals surface area contributed by atoms with E-state index >= 15 is 0 Å². The van der Waals surface area contributed by atoms with Crippen LogP contribution >= 0.6 is 23.2 Å². The summed E-state index contributed by atoms with van der Waals surface area (Å²) < 4.78 is 9.86. The second-order valence-corrected chi connectivity index (χ2v) is 4.04. The van der Waals surface area contributed by atoms with E-state index < -0.39 is 0 Å². The summed E-state index contributed by atoms with van der Waals surface area (Å²) in [5.41, 5.74) is 0.743. The highest BCUT2D eigenvalue weighted by Gasteiger charge is 2.18. The minimum absolute atomic E-state index is 0.178. The molecule has 1 aromatic carbocycles. The van der Waals surface area contributed by atoms with Crippen LogP contribution in [0, 0.1) is 0 Å². The molecular formula is C12H8Cl2O3. The molecule has 0 saturated heterocycles. The molecule has 0 amide bonds. The van der Waals surface area contributed by atoms with Crippen LogP contribution in [0.1, 0.15) is 15.9 Å². The second kappa shape index (κ2) is 4.82. The van der Waals surface area contributed by atoms with Crippen molar-refractivity contribution in [2.45, 2.75) is 0 Å². The number of ether oxygens (including phenoxy) is 1. The Labute approximate surface area is 108 Å². The number of ketones is 1. The normalized spacial score (nSPS) is 10.3. The van der Waals surface area contributed by atoms with E-state index in [4.69, 9.17) is 32.4 Å². The zero-order valence-electron chi connectivity index (χ0n) is 8.87. The van der Waals surface area contributed by atoms with Crippen molar-refractivity contribution in [1.82, 2.24) is 0 Å². The molecule has 2 aromatic rings. The van der Waals surface area contributed by atoms with Crippen molar-refractivity contribution in [3.8, 4) is 5.75 Å². The zero-order valence-corrected chi connectivity index (χ0v) is 10.4. The van der Waals surface area contributed by atoms with Gasteiger partial charge in [0, 0.05) is 5.56 Å². The molecule has 1 heterocycles. The fourth-order valence-electron chi connectivity index (χ4n) is 1.41. The number of carbonyl (C=O) groups is 1. The first-order valence-electron chi connectivity index (χ1n) is 4.74. The first-order chi connectivity index (χ1) is 8.15. The number of methoxy groups -OCH3 is 1. The fourth-order valence-corrected chi connectivity index (χ4v) is 1.90. The first kappa shape index (κ1) is 12.0. The Morgan fingerprint density at radius 1 is 1.24 bits per heavy atom. The molecule has 0 aliphatic rings. The average molecular weight is 271 g/mol. The minimum Gasteiger partial charge on any atom is -0.495 e. The molecule has 0 radical (unpaired) electrons. The summed E-state index contributed by atoms with van der Waals surface area (Å²) in [5.74, 6) is 0.189. The maximum absolute atomic E-state index is 12.0. The quantitative estimate of drug-likeness (QED) is 0.796. The molecule has 2 rings (SSSR count). The minimum atomic E-state index is -0.242. The molecule has 0 unspecified atom stereocenters. The molecule has 0 fully saturated rings. The molecule has 1 aromatic heterocycles. The summed E-state index contributed by atoms with van der Waals surface area (Å²) in [4.78, 5) is 12.0. The summed E-state index contributed by atoms with van der Waals surface area (Å²) in [6.07, 6.45) is 2.78. The number of rotatable bonds is 3. The van der Waals surface area contributed by atoms with Gasteiger partial charge in [-0.3, -0.25) is 4.79 Å². The molecule has 0 N–H and O–H groups in total. The number of halogens is 2. The van der Waals surface area contributed by atoms with Crippen LogP contribution in [-0.2, 0) is 0 Å². The van der Waals surface area contributed by atoms with Gasteiger partial charge in [-0.1, -0.05) is 23.2 Å². The summed E-state index contributed by atoms with van der Waals surface area (Å²) in [6, 6.07) is 4.74. The van der Waals surface area contributed by atoms with Crippen LogP contribution in [0.2, 0.25) is 10.0 Å². The predicted octanol–water partition coefficient (Wildman–Crippen LogP) is 3.83. The highest BCUT2D eigenvalue weighted by Crippen LogP contribution is 2.35. The van der Waals surface area contributed by atoms with Crippen LogP contribution in [-0.4, -0.2) is 12.9 Å². The third kappa shape index (κ3) is 2.16. The van der Waals surface area contributed by atoms with Gasteiger partial charge in [-0.05, 0) is 18.2 Å². The maximum Gasteiger partial charge on any atom is 0.197 e. The lowest BCUT2D eigenvalue weighted by Gasteiger charge is -2.07. The van der Waals surface area contributed by atoms with Crippen LogP contribution < -0.4 is 4.74 Å². The second-order valence-electron chi connectivity index (χ2n) is 3.28. The summed E-state index contributed by atoms with van der Waals surface area (Å²) in [7, 11) is 1.48. The average Bonchev–Trinajstić information content (AvgIpc) is 2.85. The molecule has 0 saturated carbocycles. The van der Waals surface area contributed by atoms with Gasteiger partial charge < -0.3 is 9.15 Å². The van der Waals surface area contributed by atoms with Crippen LogP contribution in [0.3, 0.4) is 0 Å². The molecule has 0 aliphatic heterocycles. The SMILES string of the molecule is COc1ccc(C(=O)c2ccoc2)c(Cl)c1Cl. The van der Waals surface area contributed by atoms with Crippen LogP contribution in [0.15, 0.2) is 35.1 Å². The molecule has 0 spiro atoms. The van der Waals surface area contributed by atoms with Crippen molar-refractivity contribution >= 4 is 29.0 Å². The van der Waals surface area contributed by atoms with Crippen LogP contribution in [0.25, 0.3) is 0 Å². The van der Waals surface area contributed by atoms with Crippen molar-refractivity contribution < 1.29 is 13.9 Å². The Kier molecular flexibility index (Phi) is 3.41. The number of benzene rings is 1. The van der Waals surface area contributed by atoms with E-state index in [9.17, 15) is 4.79 Å². The first-order valence-corrected chi connectivity index (χ1v) is 5.49. The van der Waals surface area contributed by atoms with E-state index in [0.717, 1.165) is 0 Å². The third-order valence-corrected chi connectivity index (χ3v) is 3.16. The highest BCUT2D eigenvalue weighted by atomic mass is 35.5. The predicted molar refractivity (Wildman–Crippen MR) is 65.2 cm³/mol. The summed E-state index contributed by atoms with van der Waals surface area (Å²) in [6.45, 7) is 0. The molecule has 17 heavy (non-hydrogen) atoms. The van der Waals surface area contributed by atoms with E-state index in [1.54, 1.807) is 18.2 Å². The van der Waals surface area contributed by atoms with Crippen molar-refractivity contribution in [3.05, 3.63) is 51.9 Å². The van der Waals surface area contributed by atoms with Crippen molar-refractivity contribution in [3.63, 3.8) is 0 Å². The highest BCUT2D eigenvalue weighted by molar-refractivity contribution is 6.45. The lowest BCUT2D eigenvalue weighted by atomic mass is 10.1. The van der Waals surface area contributed by atoms with Gasteiger partial charge in [0.25, 0.3) is 0 Å². The molecule has 5 heteroatoms. The van der Waals surface area contributed by atoms with Crippen LogP contribution in [0.4, 0.5) is 0 Å². The van der Waals surface area contributed by atoms with E-state index in [1.807, 2.05) is 0 Å². The Bertz CT molecular complexity index is 547. The van der Waals surface area contributed by atoms with E-state index in [-0.39, 0.29) is 15.8 Å². The van der Waals surface area contributed by atoms with Gasteiger partial charge in [0.15, 0.2) is 5.78 Å². The number of carbonyl (C=O) groups excluding carboxylic acids is 1. The smallest absolute Gasteiger partial charge is 0.197 e. The van der Waals surface area contributed by atoms with E-state index in [1.165, 1.54) is 19.6 Å². The van der Waals surface area contributed by atoms with Crippen LogP contribution in [0.5, 0.6) is 5.75 Å². The monoisotopic (exact) mass is 270 g/mol. The molecule has 0 bridgehead atoms. The third-order valence-electron chi connectivity index (χ3n) is 2.29. The molecule has 3 nitrogen and oxygen atoms in total. The molecule has 0 atom stereocenters. The molecule has 88 valence electrons. The van der Waals surface area contributed by atoms with Crippen molar-refractivity contribution in [2.75, 3.05) is 7.11 Å². The van der Waals surface area contributed by atoms with Crippen molar-refractivity contribution in [1.29, 1.82) is 0 Å². The fraction of sp³-hybridized carbons (Fsp3) is 0.0833. The number of furan rings is 1. The number of hydrogen-bond donors (Lipinski definition) is 0. The Morgan fingerprint density at radius 2 is 2.00 bits per heavy atom. The molecular weight excluding hydrogens is 263 g/mol. The van der Waals surface area contributed by atoms with E-state index in [0.29, 0.717) is 16.9 Å². The molecule has 0 aliphatic carbocycles. The maximum atomic E-state index is 12.0. The Balaban J connectivity index is 2.47. The van der Waals surface area contributed by atoms with Gasteiger partial charge in [-0.25, -0.2) is 0 Å². The summed E-state index contributed by atoms with van der Waals surface area (Å²) >= 11 is 12.0. The number of hydrogen-bond acceptors (Lipinski definition) is 3. The standard InChI is InChI=1S/C12H8Cl2O3/c1-16-9-3-2-8(10(13)11(9)14)12(15)7-4-5-17-6-7/h2-6H,1H3. The van der Waals surface area contributed by atoms with Gasteiger partial charge in [0.2, 0.25) is 0 Å². The van der Waals surface area contributed by atoms with Crippen molar-refractivity contribution in [2.24, 2.45) is 0 Å². The van der Waals surface area contributed by atoms with Gasteiger partial charge in [-0.2, -0.15) is 0 Å². The van der Waals surface area contributed by atoms with Gasteiger partial charge in [-0.15, -0.1) is 0 Å². The van der Waals surface area contributed by atoms with E-state index in [2.05, 4.69) is 0 Å². The van der Waals surface area contributed by atoms with Gasteiger partial charge in [0.05, 0.1) is 24.0 Å². The topological polar surface area (TPSA) is 39.4 Å². The lowest BCUT2D eigenvalue weighted by Crippen LogP contribution is -2.01. The Hall–Kier alpha value is -1.45. The lowest BCUT2D eigenvalue weighted by molar-refractivity contribution is 0.103. The largest absolute Gasteiger partial charge is 0.495 e.